The second-order valence-corrected chi connectivity index (χ2v) is 15.0. The molecule has 8 aromatic carbocycles. The number of furan rings is 1. The summed E-state index contributed by atoms with van der Waals surface area (Å²) in [6, 6.07) is 59.4. The van der Waals surface area contributed by atoms with Crippen LogP contribution >= 0.6 is 11.3 Å². The lowest BCUT2D eigenvalue weighted by Crippen LogP contribution is -2.00. The number of rotatable bonds is 4. The van der Waals surface area contributed by atoms with Crippen LogP contribution in [0, 0.1) is 0 Å². The summed E-state index contributed by atoms with van der Waals surface area (Å²) >= 11 is 1.87. The summed E-state index contributed by atoms with van der Waals surface area (Å²) in [6.45, 7) is 0. The van der Waals surface area contributed by atoms with E-state index in [1.807, 2.05) is 72.0 Å². The first kappa shape index (κ1) is 30.3. The Balaban J connectivity index is 1.09. The Kier molecular flexibility index (Phi) is 6.44. The fraction of sp³-hybridized carbons (Fsp3) is 0. The van der Waals surface area contributed by atoms with Crippen LogP contribution in [0.4, 0.5) is 0 Å². The fourth-order valence-electron chi connectivity index (χ4n) is 8.35. The Morgan fingerprint density at radius 3 is 1.82 bits per heavy atom. The molecule has 0 bridgehead atoms. The van der Waals surface area contributed by atoms with Gasteiger partial charge in [0, 0.05) is 75.5 Å². The van der Waals surface area contributed by atoms with Crippen molar-refractivity contribution in [2.75, 3.05) is 0 Å². The van der Waals surface area contributed by atoms with E-state index in [9.17, 15) is 0 Å². The smallest absolute Gasteiger partial charge is 0.164 e. The molecule has 12 rings (SSSR count). The first-order valence-corrected chi connectivity index (χ1v) is 19.2. The maximum Gasteiger partial charge on any atom is 0.164 e. The predicted molar refractivity (Wildman–Crippen MR) is 228 cm³/mol. The Morgan fingerprint density at radius 1 is 0.436 bits per heavy atom. The fourth-order valence-corrected chi connectivity index (χ4v) is 9.61. The van der Waals surface area contributed by atoms with Crippen molar-refractivity contribution >= 4 is 86.0 Å². The van der Waals surface area contributed by atoms with Gasteiger partial charge in [-0.05, 0) is 41.8 Å². The molecule has 0 unspecified atom stereocenters. The zero-order valence-electron chi connectivity index (χ0n) is 29.3. The molecule has 256 valence electrons. The first-order valence-electron chi connectivity index (χ1n) is 18.4. The Bertz CT molecular complexity index is 3430. The molecule has 5 nitrogen and oxygen atoms in total. The van der Waals surface area contributed by atoms with Crippen molar-refractivity contribution < 1.29 is 4.42 Å². The molecule has 0 spiro atoms. The molecular weight excluding hydrogens is 693 g/mol. The van der Waals surface area contributed by atoms with Gasteiger partial charge in [0.05, 0.1) is 11.0 Å². The molecule has 0 saturated carbocycles. The molecule has 0 fully saturated rings. The SMILES string of the molecule is c1ccc(-c2nc(-c3ccccc3)nc(-c3cc4c5ccc(-n6c7ccccc7c7c8sc9ccccc9c8ccc76)cc5oc4c4ccccc34)n2)cc1. The highest BCUT2D eigenvalue weighted by molar-refractivity contribution is 7.26. The van der Waals surface area contributed by atoms with E-state index in [2.05, 4.69) is 114 Å². The van der Waals surface area contributed by atoms with Crippen molar-refractivity contribution in [3.05, 3.63) is 170 Å². The quantitative estimate of drug-likeness (QED) is 0.182. The lowest BCUT2D eigenvalue weighted by atomic mass is 9.99. The number of para-hydroxylation sites is 1. The maximum atomic E-state index is 6.85. The zero-order chi connectivity index (χ0) is 36.0. The number of hydrogen-bond acceptors (Lipinski definition) is 5. The minimum absolute atomic E-state index is 0.620. The minimum atomic E-state index is 0.620. The number of benzene rings is 8. The van der Waals surface area contributed by atoms with Gasteiger partial charge in [0.25, 0.3) is 0 Å². The van der Waals surface area contributed by atoms with Gasteiger partial charge in [-0.25, -0.2) is 15.0 Å². The van der Waals surface area contributed by atoms with Crippen molar-refractivity contribution in [3.8, 4) is 39.9 Å². The molecule has 0 aliphatic carbocycles. The number of fused-ring (bicyclic) bond motifs is 12. The van der Waals surface area contributed by atoms with Gasteiger partial charge in [-0.2, -0.15) is 0 Å². The molecule has 6 heteroatoms. The lowest BCUT2D eigenvalue weighted by molar-refractivity contribution is 0.672. The molecular formula is C49H28N4OS. The Morgan fingerprint density at radius 2 is 1.05 bits per heavy atom. The number of hydrogen-bond donors (Lipinski definition) is 0. The van der Waals surface area contributed by atoms with Crippen LogP contribution < -0.4 is 0 Å². The summed E-state index contributed by atoms with van der Waals surface area (Å²) in [6.07, 6.45) is 0. The van der Waals surface area contributed by atoms with E-state index in [0.29, 0.717) is 17.5 Å². The molecule has 55 heavy (non-hydrogen) atoms. The summed E-state index contributed by atoms with van der Waals surface area (Å²) in [5, 5.41) is 9.24. The first-order chi connectivity index (χ1) is 27.3. The van der Waals surface area contributed by atoms with Crippen molar-refractivity contribution in [2.45, 2.75) is 0 Å². The van der Waals surface area contributed by atoms with Gasteiger partial charge in [0.2, 0.25) is 0 Å². The van der Waals surface area contributed by atoms with Gasteiger partial charge < -0.3 is 8.98 Å². The van der Waals surface area contributed by atoms with E-state index in [-0.39, 0.29) is 0 Å². The van der Waals surface area contributed by atoms with Gasteiger partial charge >= 0.3 is 0 Å². The summed E-state index contributed by atoms with van der Waals surface area (Å²) in [5.41, 5.74) is 7.89. The van der Waals surface area contributed by atoms with E-state index < -0.39 is 0 Å². The maximum absolute atomic E-state index is 6.85. The van der Waals surface area contributed by atoms with E-state index in [1.165, 1.54) is 42.0 Å². The summed E-state index contributed by atoms with van der Waals surface area (Å²) < 4.78 is 11.9. The van der Waals surface area contributed by atoms with Gasteiger partial charge in [-0.15, -0.1) is 11.3 Å². The molecule has 0 atom stereocenters. The van der Waals surface area contributed by atoms with Crippen molar-refractivity contribution in [2.24, 2.45) is 0 Å². The van der Waals surface area contributed by atoms with E-state index in [4.69, 9.17) is 19.4 Å². The molecule has 4 heterocycles. The Hall–Kier alpha value is -7.15. The normalized spacial score (nSPS) is 12.0. The molecule has 0 saturated heterocycles. The van der Waals surface area contributed by atoms with E-state index >= 15 is 0 Å². The highest BCUT2D eigenvalue weighted by Gasteiger charge is 2.21. The molecule has 0 amide bonds. The molecule has 0 radical (unpaired) electrons. The molecule has 12 aromatic rings. The zero-order valence-corrected chi connectivity index (χ0v) is 30.1. The molecule has 4 aromatic heterocycles. The van der Waals surface area contributed by atoms with Gasteiger partial charge in [0.15, 0.2) is 17.5 Å². The average molecular weight is 721 g/mol. The lowest BCUT2D eigenvalue weighted by Gasteiger charge is -2.11. The van der Waals surface area contributed by atoms with E-state index in [0.717, 1.165) is 55.1 Å². The predicted octanol–water partition coefficient (Wildman–Crippen LogP) is 13.4. The van der Waals surface area contributed by atoms with Crippen LogP contribution in [-0.2, 0) is 0 Å². The average Bonchev–Trinajstić information content (AvgIpc) is 3.93. The third-order valence-corrected chi connectivity index (χ3v) is 12.0. The summed E-state index contributed by atoms with van der Waals surface area (Å²) in [4.78, 5) is 15.2. The van der Waals surface area contributed by atoms with Crippen LogP contribution in [-0.4, -0.2) is 19.5 Å². The standard InChI is InChI=1S/C49H28N4OS/c1-3-13-29(14-4-1)47-50-48(30-15-5-2-6-16-30)52-49(51-47)39-28-38-33-24-23-31(27-42(33)54-45(38)35-19-8-7-17-32(35)39)53-40-21-11-9-20-37(40)44-41(53)26-25-36-34-18-10-12-22-43(34)55-46(36)44/h1-28H. The summed E-state index contributed by atoms with van der Waals surface area (Å²) in [5.74, 6) is 1.89. The highest BCUT2D eigenvalue weighted by Crippen LogP contribution is 2.45. The van der Waals surface area contributed by atoms with Crippen LogP contribution in [0.5, 0.6) is 0 Å². The largest absolute Gasteiger partial charge is 0.455 e. The topological polar surface area (TPSA) is 56.7 Å². The number of thiophene rings is 1. The highest BCUT2D eigenvalue weighted by atomic mass is 32.1. The van der Waals surface area contributed by atoms with Crippen molar-refractivity contribution in [3.63, 3.8) is 0 Å². The van der Waals surface area contributed by atoms with Gasteiger partial charge in [-0.1, -0.05) is 127 Å². The number of nitrogens with zero attached hydrogens (tertiary/aromatic N) is 4. The second kappa shape index (κ2) is 11.7. The summed E-state index contributed by atoms with van der Waals surface area (Å²) in [7, 11) is 0. The van der Waals surface area contributed by atoms with Crippen LogP contribution in [0.1, 0.15) is 0 Å². The van der Waals surface area contributed by atoms with Gasteiger partial charge in [0.1, 0.15) is 11.2 Å². The molecule has 0 N–H and O–H groups in total. The molecule has 0 aliphatic heterocycles. The van der Waals surface area contributed by atoms with Gasteiger partial charge in [-0.3, -0.25) is 0 Å². The van der Waals surface area contributed by atoms with Crippen LogP contribution in [0.25, 0.3) is 115 Å². The number of aromatic nitrogens is 4. The third kappa shape index (κ3) is 4.55. The third-order valence-electron chi connectivity index (χ3n) is 10.8. The van der Waals surface area contributed by atoms with E-state index in [1.54, 1.807) is 0 Å². The van der Waals surface area contributed by atoms with Crippen molar-refractivity contribution in [1.29, 1.82) is 0 Å². The monoisotopic (exact) mass is 720 g/mol. The van der Waals surface area contributed by atoms with Crippen LogP contribution in [0.2, 0.25) is 0 Å². The minimum Gasteiger partial charge on any atom is -0.455 e. The van der Waals surface area contributed by atoms with Crippen LogP contribution in [0.3, 0.4) is 0 Å². The van der Waals surface area contributed by atoms with Crippen molar-refractivity contribution in [1.82, 2.24) is 19.5 Å². The second-order valence-electron chi connectivity index (χ2n) is 14.0. The van der Waals surface area contributed by atoms with Crippen LogP contribution in [0.15, 0.2) is 174 Å². The molecule has 0 aliphatic rings. The Labute approximate surface area is 318 Å².